The summed E-state index contributed by atoms with van der Waals surface area (Å²) in [5.74, 6) is 0.189. The van der Waals surface area contributed by atoms with Gasteiger partial charge in [-0.1, -0.05) is 51.7 Å². The lowest BCUT2D eigenvalue weighted by atomic mass is 10.1. The van der Waals surface area contributed by atoms with E-state index in [2.05, 4.69) is 26.0 Å². The van der Waals surface area contributed by atoms with Crippen molar-refractivity contribution in [2.75, 3.05) is 13.1 Å². The summed E-state index contributed by atoms with van der Waals surface area (Å²) in [5, 5.41) is 0. The van der Waals surface area contributed by atoms with Gasteiger partial charge in [-0.3, -0.25) is 4.79 Å². The monoisotopic (exact) mass is 239 g/mol. The minimum absolute atomic E-state index is 0.189. The lowest BCUT2D eigenvalue weighted by Gasteiger charge is -2.18. The Balaban J connectivity index is 3.65. The molecule has 0 atom stereocenters. The van der Waals surface area contributed by atoms with Crippen molar-refractivity contribution in [3.8, 4) is 0 Å². The molecule has 17 heavy (non-hydrogen) atoms. The number of unbranched alkanes of at least 4 members (excludes halogenated alkanes) is 5. The molecule has 0 aromatic carbocycles. The molecule has 0 saturated heterocycles. The molecule has 0 aromatic rings. The number of nitrogens with zero attached hydrogens (tertiary/aromatic N) is 1. The highest BCUT2D eigenvalue weighted by atomic mass is 16.2. The molecular weight excluding hydrogens is 210 g/mol. The largest absolute Gasteiger partial charge is 0.339 e. The normalized spacial score (nSPS) is 11.0. The van der Waals surface area contributed by atoms with Crippen molar-refractivity contribution in [2.45, 2.75) is 65.7 Å². The van der Waals surface area contributed by atoms with Gasteiger partial charge < -0.3 is 4.90 Å². The van der Waals surface area contributed by atoms with Crippen LogP contribution in [0.15, 0.2) is 12.2 Å². The molecule has 0 aliphatic carbocycles. The van der Waals surface area contributed by atoms with E-state index >= 15 is 0 Å². The zero-order valence-corrected chi connectivity index (χ0v) is 11.9. The van der Waals surface area contributed by atoms with Crippen LogP contribution in [-0.4, -0.2) is 23.9 Å². The fourth-order valence-corrected chi connectivity index (χ4v) is 1.73. The summed E-state index contributed by atoms with van der Waals surface area (Å²) in [5.41, 5.74) is 0. The Morgan fingerprint density at radius 3 is 2.29 bits per heavy atom. The number of carbonyl (C=O) groups is 1. The molecule has 0 radical (unpaired) electrons. The van der Waals surface area contributed by atoms with Crippen LogP contribution in [-0.2, 0) is 4.79 Å². The Morgan fingerprint density at radius 2 is 1.71 bits per heavy atom. The number of amides is 1. The molecule has 0 saturated carbocycles. The van der Waals surface area contributed by atoms with Crippen LogP contribution in [0.2, 0.25) is 0 Å². The maximum absolute atomic E-state index is 11.3. The van der Waals surface area contributed by atoms with Crippen molar-refractivity contribution in [1.29, 1.82) is 0 Å². The number of hydrogen-bond acceptors (Lipinski definition) is 1. The lowest BCUT2D eigenvalue weighted by molar-refractivity contribution is -0.128. The van der Waals surface area contributed by atoms with Crippen molar-refractivity contribution in [2.24, 2.45) is 0 Å². The van der Waals surface area contributed by atoms with E-state index in [1.807, 2.05) is 4.90 Å². The quantitative estimate of drug-likeness (QED) is 0.414. The van der Waals surface area contributed by atoms with Crippen LogP contribution in [0.4, 0.5) is 0 Å². The fraction of sp³-hybridized carbons (Fsp3) is 0.800. The highest BCUT2D eigenvalue weighted by molar-refractivity contribution is 5.73. The molecule has 0 unspecified atom stereocenters. The fourth-order valence-electron chi connectivity index (χ4n) is 1.73. The molecule has 0 N–H and O–H groups in total. The molecule has 0 aliphatic rings. The summed E-state index contributed by atoms with van der Waals surface area (Å²) in [6.45, 7) is 7.72. The SMILES string of the molecule is CCCCCC/C=C/CN(CCCC)C(C)=O. The molecule has 0 rings (SSSR count). The van der Waals surface area contributed by atoms with Gasteiger partial charge in [0.2, 0.25) is 5.91 Å². The molecule has 100 valence electrons. The van der Waals surface area contributed by atoms with E-state index in [-0.39, 0.29) is 5.91 Å². The molecule has 0 heterocycles. The third-order valence-electron chi connectivity index (χ3n) is 2.94. The minimum atomic E-state index is 0.189. The molecule has 1 amide bonds. The molecular formula is C15H29NO. The first-order valence-electron chi connectivity index (χ1n) is 7.12. The highest BCUT2D eigenvalue weighted by Crippen LogP contribution is 2.03. The smallest absolute Gasteiger partial charge is 0.219 e. The van der Waals surface area contributed by atoms with Crippen molar-refractivity contribution in [3.05, 3.63) is 12.2 Å². The van der Waals surface area contributed by atoms with E-state index in [1.54, 1.807) is 6.92 Å². The average Bonchev–Trinajstić information content (AvgIpc) is 2.31. The summed E-state index contributed by atoms with van der Waals surface area (Å²) in [6, 6.07) is 0. The van der Waals surface area contributed by atoms with Gasteiger partial charge in [-0.15, -0.1) is 0 Å². The van der Waals surface area contributed by atoms with Crippen LogP contribution in [0.3, 0.4) is 0 Å². The second kappa shape index (κ2) is 11.7. The first-order valence-corrected chi connectivity index (χ1v) is 7.12. The number of hydrogen-bond donors (Lipinski definition) is 0. The van der Waals surface area contributed by atoms with Crippen molar-refractivity contribution < 1.29 is 4.79 Å². The topological polar surface area (TPSA) is 20.3 Å². The van der Waals surface area contributed by atoms with Gasteiger partial charge in [0.05, 0.1) is 0 Å². The average molecular weight is 239 g/mol. The number of rotatable bonds is 10. The van der Waals surface area contributed by atoms with Crippen LogP contribution in [0, 0.1) is 0 Å². The highest BCUT2D eigenvalue weighted by Gasteiger charge is 2.04. The Labute approximate surface area is 107 Å². The Bertz CT molecular complexity index is 211. The van der Waals surface area contributed by atoms with Gasteiger partial charge in [0.25, 0.3) is 0 Å². The van der Waals surface area contributed by atoms with Crippen LogP contribution >= 0.6 is 0 Å². The van der Waals surface area contributed by atoms with Gasteiger partial charge in [0.15, 0.2) is 0 Å². The molecule has 0 aliphatic heterocycles. The first kappa shape index (κ1) is 16.2. The van der Waals surface area contributed by atoms with Crippen molar-refractivity contribution in [3.63, 3.8) is 0 Å². The molecule has 0 fully saturated rings. The van der Waals surface area contributed by atoms with Gasteiger partial charge in [0.1, 0.15) is 0 Å². The zero-order valence-electron chi connectivity index (χ0n) is 11.9. The standard InChI is InChI=1S/C15H29NO/c1-4-6-8-9-10-11-12-14-16(15(3)17)13-7-5-2/h11-12H,4-10,13-14H2,1-3H3/b12-11+. The summed E-state index contributed by atoms with van der Waals surface area (Å²) < 4.78 is 0. The second-order valence-corrected chi connectivity index (χ2v) is 4.64. The Morgan fingerprint density at radius 1 is 1.00 bits per heavy atom. The van der Waals surface area contributed by atoms with Gasteiger partial charge >= 0.3 is 0 Å². The predicted molar refractivity (Wildman–Crippen MR) is 75.1 cm³/mol. The molecule has 2 heteroatoms. The van der Waals surface area contributed by atoms with E-state index in [0.717, 1.165) is 32.4 Å². The third kappa shape index (κ3) is 10.1. The maximum atomic E-state index is 11.3. The Hall–Kier alpha value is -0.790. The molecule has 2 nitrogen and oxygen atoms in total. The maximum Gasteiger partial charge on any atom is 0.219 e. The third-order valence-corrected chi connectivity index (χ3v) is 2.94. The van der Waals surface area contributed by atoms with Gasteiger partial charge in [0, 0.05) is 20.0 Å². The van der Waals surface area contributed by atoms with Crippen LogP contribution in [0.25, 0.3) is 0 Å². The number of carbonyl (C=O) groups excluding carboxylic acids is 1. The van der Waals surface area contributed by atoms with Gasteiger partial charge in [-0.2, -0.15) is 0 Å². The van der Waals surface area contributed by atoms with Gasteiger partial charge in [-0.05, 0) is 19.3 Å². The Kier molecular flexibility index (Phi) is 11.1. The minimum Gasteiger partial charge on any atom is -0.339 e. The summed E-state index contributed by atoms with van der Waals surface area (Å²) >= 11 is 0. The first-order chi connectivity index (χ1) is 8.22. The molecule has 0 aromatic heterocycles. The predicted octanol–water partition coefficient (Wildman–Crippen LogP) is 4.16. The zero-order chi connectivity index (χ0) is 12.9. The summed E-state index contributed by atoms with van der Waals surface area (Å²) in [6.07, 6.45) is 13.0. The van der Waals surface area contributed by atoms with E-state index < -0.39 is 0 Å². The van der Waals surface area contributed by atoms with Crippen molar-refractivity contribution in [1.82, 2.24) is 4.90 Å². The van der Waals surface area contributed by atoms with Crippen molar-refractivity contribution >= 4 is 5.91 Å². The molecule has 0 spiro atoms. The molecule has 0 bridgehead atoms. The van der Waals surface area contributed by atoms with Gasteiger partial charge in [-0.25, -0.2) is 0 Å². The van der Waals surface area contributed by atoms with Crippen LogP contribution < -0.4 is 0 Å². The van der Waals surface area contributed by atoms with Crippen LogP contribution in [0.1, 0.15) is 65.7 Å². The van der Waals surface area contributed by atoms with E-state index in [9.17, 15) is 4.79 Å². The van der Waals surface area contributed by atoms with E-state index in [4.69, 9.17) is 0 Å². The summed E-state index contributed by atoms with van der Waals surface area (Å²) in [7, 11) is 0. The van der Waals surface area contributed by atoms with E-state index in [1.165, 1.54) is 25.7 Å². The lowest BCUT2D eigenvalue weighted by Crippen LogP contribution is -2.29. The van der Waals surface area contributed by atoms with Crippen LogP contribution in [0.5, 0.6) is 0 Å². The second-order valence-electron chi connectivity index (χ2n) is 4.64. The number of allylic oxidation sites excluding steroid dienone is 1. The summed E-state index contributed by atoms with van der Waals surface area (Å²) in [4.78, 5) is 13.3. The van der Waals surface area contributed by atoms with E-state index in [0.29, 0.717) is 0 Å².